The van der Waals surface area contributed by atoms with Gasteiger partial charge in [0.1, 0.15) is 6.10 Å². The first-order chi connectivity index (χ1) is 12.0. The molecule has 0 aliphatic rings. The number of methoxy groups -OCH3 is 2. The Balaban J connectivity index is 4.06. The van der Waals surface area contributed by atoms with E-state index < -0.39 is 12.1 Å². The second-order valence-electron chi connectivity index (χ2n) is 6.62. The highest BCUT2D eigenvalue weighted by atomic mass is 16.5. The van der Waals surface area contributed by atoms with Crippen molar-refractivity contribution in [3.05, 3.63) is 12.2 Å². The molecule has 2 N–H and O–H groups in total. The van der Waals surface area contributed by atoms with Gasteiger partial charge in [0.05, 0.1) is 12.2 Å². The van der Waals surface area contributed by atoms with E-state index in [-0.39, 0.29) is 18.6 Å². The van der Waals surface area contributed by atoms with Gasteiger partial charge in [0, 0.05) is 20.6 Å². The Hall–Kier alpha value is -0.910. The van der Waals surface area contributed by atoms with Crippen LogP contribution >= 0.6 is 0 Å². The number of carboxylic acids is 1. The second kappa shape index (κ2) is 16.6. The smallest absolute Gasteiger partial charge is 0.303 e. The van der Waals surface area contributed by atoms with E-state index in [1.54, 1.807) is 14.2 Å². The minimum atomic E-state index is -0.717. The van der Waals surface area contributed by atoms with Crippen LogP contribution in [-0.2, 0) is 14.3 Å². The van der Waals surface area contributed by atoms with Gasteiger partial charge >= 0.3 is 5.97 Å². The fourth-order valence-corrected chi connectivity index (χ4v) is 2.86. The number of hydrogen-bond acceptors (Lipinski definition) is 4. The molecule has 0 aliphatic heterocycles. The Morgan fingerprint density at radius 2 is 1.56 bits per heavy atom. The summed E-state index contributed by atoms with van der Waals surface area (Å²) >= 11 is 0. The van der Waals surface area contributed by atoms with Gasteiger partial charge < -0.3 is 19.7 Å². The molecule has 0 saturated heterocycles. The lowest BCUT2D eigenvalue weighted by Gasteiger charge is -2.22. The average molecular weight is 359 g/mol. The molecule has 0 aromatic rings. The van der Waals surface area contributed by atoms with Crippen molar-refractivity contribution in [3.63, 3.8) is 0 Å². The maximum Gasteiger partial charge on any atom is 0.303 e. The van der Waals surface area contributed by atoms with Crippen LogP contribution in [0.3, 0.4) is 0 Å². The molecule has 3 unspecified atom stereocenters. The van der Waals surface area contributed by atoms with Crippen LogP contribution < -0.4 is 0 Å². The minimum absolute atomic E-state index is 0.0249. The van der Waals surface area contributed by atoms with Gasteiger partial charge in [0.25, 0.3) is 0 Å². The van der Waals surface area contributed by atoms with Gasteiger partial charge in [-0.05, 0) is 19.3 Å². The van der Waals surface area contributed by atoms with Crippen molar-refractivity contribution in [3.8, 4) is 0 Å². The lowest BCUT2D eigenvalue weighted by Crippen LogP contribution is -2.28. The van der Waals surface area contributed by atoms with Crippen LogP contribution in [0.5, 0.6) is 0 Å². The summed E-state index contributed by atoms with van der Waals surface area (Å²) in [4.78, 5) is 10.5. The molecule has 3 atom stereocenters. The van der Waals surface area contributed by atoms with Crippen LogP contribution in [0.25, 0.3) is 0 Å². The summed E-state index contributed by atoms with van der Waals surface area (Å²) in [6.07, 6.45) is 13.3. The minimum Gasteiger partial charge on any atom is -0.481 e. The summed E-state index contributed by atoms with van der Waals surface area (Å²) in [5, 5.41) is 18.6. The van der Waals surface area contributed by atoms with Crippen molar-refractivity contribution in [2.45, 2.75) is 95.9 Å². The number of ether oxygens (including phenoxy) is 2. The summed E-state index contributed by atoms with van der Waals surface area (Å²) in [5.74, 6) is -0.717. The summed E-state index contributed by atoms with van der Waals surface area (Å²) in [6.45, 7) is 2.15. The molecule has 0 aliphatic carbocycles. The molecule has 5 heteroatoms. The number of hydrogen-bond donors (Lipinski definition) is 2. The topological polar surface area (TPSA) is 76.0 Å². The van der Waals surface area contributed by atoms with Gasteiger partial charge in [-0.15, -0.1) is 0 Å². The van der Waals surface area contributed by atoms with E-state index in [1.165, 1.54) is 0 Å². The van der Waals surface area contributed by atoms with Crippen LogP contribution in [0.4, 0.5) is 0 Å². The first-order valence-electron chi connectivity index (χ1n) is 9.68. The number of unbranched alkanes of at least 4 members (excludes halogenated alkanes) is 6. The van der Waals surface area contributed by atoms with Gasteiger partial charge in [-0.3, -0.25) is 4.79 Å². The predicted octanol–water partition coefficient (Wildman–Crippen LogP) is 4.33. The Kier molecular flexibility index (Phi) is 16.0. The van der Waals surface area contributed by atoms with Crippen molar-refractivity contribution in [1.82, 2.24) is 0 Å². The van der Waals surface area contributed by atoms with E-state index in [2.05, 4.69) is 6.92 Å². The van der Waals surface area contributed by atoms with Crippen LogP contribution in [0, 0.1) is 0 Å². The molecule has 0 aromatic heterocycles. The standard InChI is InChI=1S/C20H38O5/c1-4-5-9-12-17(21)15-16-19(25-3)18(24-2)13-10-7-6-8-11-14-20(22)23/h15-19,21H,4-14H2,1-3H3,(H,22,23)/b16-15+. The van der Waals surface area contributed by atoms with Gasteiger partial charge in [-0.2, -0.15) is 0 Å². The highest BCUT2D eigenvalue weighted by molar-refractivity contribution is 5.66. The lowest BCUT2D eigenvalue weighted by atomic mass is 10.0. The summed E-state index contributed by atoms with van der Waals surface area (Å²) in [7, 11) is 3.35. The van der Waals surface area contributed by atoms with Crippen LogP contribution in [-0.4, -0.2) is 48.7 Å². The third-order valence-electron chi connectivity index (χ3n) is 4.45. The Morgan fingerprint density at radius 3 is 2.16 bits per heavy atom. The molecule has 0 spiro atoms. The van der Waals surface area contributed by atoms with E-state index in [1.807, 2.05) is 12.2 Å². The third-order valence-corrected chi connectivity index (χ3v) is 4.45. The van der Waals surface area contributed by atoms with E-state index in [9.17, 15) is 9.90 Å². The largest absolute Gasteiger partial charge is 0.481 e. The number of aliphatic carboxylic acids is 1. The average Bonchev–Trinajstić information content (AvgIpc) is 2.59. The van der Waals surface area contributed by atoms with Crippen molar-refractivity contribution in [1.29, 1.82) is 0 Å². The van der Waals surface area contributed by atoms with Crippen LogP contribution in [0.2, 0.25) is 0 Å². The molecule has 0 rings (SSSR count). The predicted molar refractivity (Wildman–Crippen MR) is 101 cm³/mol. The summed E-state index contributed by atoms with van der Waals surface area (Å²) < 4.78 is 11.1. The maximum absolute atomic E-state index is 10.5. The second-order valence-corrected chi connectivity index (χ2v) is 6.62. The molecule has 0 amide bonds. The van der Waals surface area contributed by atoms with E-state index >= 15 is 0 Å². The molecule has 0 radical (unpaired) electrons. The molecule has 148 valence electrons. The normalized spacial score (nSPS) is 15.4. The first kappa shape index (κ1) is 24.1. The van der Waals surface area contributed by atoms with Crippen molar-refractivity contribution in [2.75, 3.05) is 14.2 Å². The Morgan fingerprint density at radius 1 is 0.920 bits per heavy atom. The quantitative estimate of drug-likeness (QED) is 0.299. The molecule has 5 nitrogen and oxygen atoms in total. The molecule has 0 fully saturated rings. The number of carboxylic acid groups (broad SMARTS) is 1. The summed E-state index contributed by atoms with van der Waals surface area (Å²) in [5.41, 5.74) is 0. The molecule has 0 heterocycles. The number of aliphatic hydroxyl groups is 1. The molecule has 25 heavy (non-hydrogen) atoms. The number of carbonyl (C=O) groups is 1. The number of rotatable bonds is 17. The summed E-state index contributed by atoms with van der Waals surface area (Å²) in [6, 6.07) is 0. The lowest BCUT2D eigenvalue weighted by molar-refractivity contribution is -0.137. The third kappa shape index (κ3) is 14.0. The van der Waals surface area contributed by atoms with Crippen LogP contribution in [0.15, 0.2) is 12.2 Å². The first-order valence-corrected chi connectivity index (χ1v) is 9.68. The van der Waals surface area contributed by atoms with Crippen molar-refractivity contribution < 1.29 is 24.5 Å². The van der Waals surface area contributed by atoms with Gasteiger partial charge in [0.15, 0.2) is 0 Å². The zero-order valence-corrected chi connectivity index (χ0v) is 16.3. The molecular weight excluding hydrogens is 320 g/mol. The SMILES string of the molecule is CCCCCC(O)/C=C/C(OC)C(CCCCCCCC(=O)O)OC. The van der Waals surface area contributed by atoms with Gasteiger partial charge in [0.2, 0.25) is 0 Å². The maximum atomic E-state index is 10.5. The molecular formula is C20H38O5. The van der Waals surface area contributed by atoms with E-state index in [4.69, 9.17) is 14.6 Å². The number of aliphatic hydroxyl groups excluding tert-OH is 1. The van der Waals surface area contributed by atoms with Crippen LogP contribution in [0.1, 0.15) is 77.6 Å². The fourth-order valence-electron chi connectivity index (χ4n) is 2.86. The van der Waals surface area contributed by atoms with Crippen molar-refractivity contribution in [2.24, 2.45) is 0 Å². The molecule has 0 bridgehead atoms. The van der Waals surface area contributed by atoms with E-state index in [0.29, 0.717) is 0 Å². The highest BCUT2D eigenvalue weighted by Crippen LogP contribution is 2.16. The molecule has 0 aromatic carbocycles. The van der Waals surface area contributed by atoms with Gasteiger partial charge in [-0.25, -0.2) is 0 Å². The zero-order valence-electron chi connectivity index (χ0n) is 16.3. The monoisotopic (exact) mass is 358 g/mol. The van der Waals surface area contributed by atoms with Gasteiger partial charge in [-0.1, -0.05) is 64.0 Å². The zero-order chi connectivity index (χ0) is 18.9. The van der Waals surface area contributed by atoms with Crippen molar-refractivity contribution >= 4 is 5.97 Å². The highest BCUT2D eigenvalue weighted by Gasteiger charge is 2.18. The Labute approximate surface area is 153 Å². The van der Waals surface area contributed by atoms with E-state index in [0.717, 1.165) is 64.2 Å². The molecule has 0 saturated carbocycles. The fraction of sp³-hybridized carbons (Fsp3) is 0.850. The Bertz CT molecular complexity index is 343.